The van der Waals surface area contributed by atoms with Crippen molar-refractivity contribution in [2.75, 3.05) is 26.2 Å². The molecule has 8 heteroatoms. The van der Waals surface area contributed by atoms with Crippen molar-refractivity contribution < 1.29 is 18.0 Å². The van der Waals surface area contributed by atoms with Gasteiger partial charge in [-0.15, -0.1) is 0 Å². The smallest absolute Gasteiger partial charge is 0.243 e. The second-order valence-electron chi connectivity index (χ2n) is 5.66. The fourth-order valence-electron chi connectivity index (χ4n) is 2.67. The zero-order valence-corrected chi connectivity index (χ0v) is 14.5. The molecule has 2 amide bonds. The van der Waals surface area contributed by atoms with Gasteiger partial charge in [0, 0.05) is 25.6 Å². The molecule has 1 saturated heterocycles. The number of piperidine rings is 1. The lowest BCUT2D eigenvalue weighted by atomic mass is 9.97. The standard InChI is InChI=1S/C16H23N3O4S/c1-2-17-15(20)12-18-16(21)13-8-10-19(11-9-13)24(22,23)14-6-4-3-5-7-14/h3-7,13H,2,8-12H2,1H3,(H,17,20)(H,18,21). The summed E-state index contributed by atoms with van der Waals surface area (Å²) >= 11 is 0. The van der Waals surface area contributed by atoms with Gasteiger partial charge < -0.3 is 10.6 Å². The molecule has 1 aromatic carbocycles. The Hall–Kier alpha value is -1.93. The molecule has 0 spiro atoms. The van der Waals surface area contributed by atoms with E-state index in [2.05, 4.69) is 10.6 Å². The molecule has 0 aromatic heterocycles. The SMILES string of the molecule is CCNC(=O)CNC(=O)C1CCN(S(=O)(=O)c2ccccc2)CC1. The number of nitrogens with one attached hydrogen (secondary N) is 2. The van der Waals surface area contributed by atoms with Crippen LogP contribution in [0.15, 0.2) is 35.2 Å². The van der Waals surface area contributed by atoms with Crippen LogP contribution in [-0.4, -0.2) is 50.7 Å². The highest BCUT2D eigenvalue weighted by Crippen LogP contribution is 2.23. The highest BCUT2D eigenvalue weighted by Gasteiger charge is 2.31. The minimum Gasteiger partial charge on any atom is -0.355 e. The average Bonchev–Trinajstić information content (AvgIpc) is 2.61. The molecule has 0 radical (unpaired) electrons. The fraction of sp³-hybridized carbons (Fsp3) is 0.500. The number of carbonyl (C=O) groups is 2. The van der Waals surface area contributed by atoms with Crippen molar-refractivity contribution in [1.82, 2.24) is 14.9 Å². The Balaban J connectivity index is 1.87. The van der Waals surface area contributed by atoms with Crippen LogP contribution in [0.25, 0.3) is 0 Å². The zero-order chi connectivity index (χ0) is 17.6. The lowest BCUT2D eigenvalue weighted by Crippen LogP contribution is -2.45. The van der Waals surface area contributed by atoms with E-state index < -0.39 is 10.0 Å². The third-order valence-electron chi connectivity index (χ3n) is 4.00. The summed E-state index contributed by atoms with van der Waals surface area (Å²) in [4.78, 5) is 23.7. The van der Waals surface area contributed by atoms with Crippen molar-refractivity contribution in [1.29, 1.82) is 0 Å². The lowest BCUT2D eigenvalue weighted by Gasteiger charge is -2.30. The quantitative estimate of drug-likeness (QED) is 0.771. The van der Waals surface area contributed by atoms with E-state index in [1.807, 2.05) is 6.92 Å². The number of carbonyl (C=O) groups excluding carboxylic acids is 2. The zero-order valence-electron chi connectivity index (χ0n) is 13.7. The van der Waals surface area contributed by atoms with Crippen LogP contribution in [0.5, 0.6) is 0 Å². The van der Waals surface area contributed by atoms with E-state index in [4.69, 9.17) is 0 Å². The van der Waals surface area contributed by atoms with Crippen LogP contribution in [0.4, 0.5) is 0 Å². The lowest BCUT2D eigenvalue weighted by molar-refractivity contribution is -0.129. The number of hydrogen-bond acceptors (Lipinski definition) is 4. The maximum absolute atomic E-state index is 12.5. The van der Waals surface area contributed by atoms with Gasteiger partial charge in [-0.2, -0.15) is 4.31 Å². The first-order valence-corrected chi connectivity index (χ1v) is 9.48. The number of nitrogens with zero attached hydrogens (tertiary/aromatic N) is 1. The molecular weight excluding hydrogens is 330 g/mol. The molecule has 132 valence electrons. The molecule has 1 aliphatic rings. The molecule has 0 aliphatic carbocycles. The largest absolute Gasteiger partial charge is 0.355 e. The normalized spacial score (nSPS) is 16.5. The molecule has 7 nitrogen and oxygen atoms in total. The Morgan fingerprint density at radius 1 is 1.12 bits per heavy atom. The number of hydrogen-bond donors (Lipinski definition) is 2. The molecular formula is C16H23N3O4S. The Kier molecular flexibility index (Phi) is 6.33. The minimum absolute atomic E-state index is 0.0464. The van der Waals surface area contributed by atoms with Gasteiger partial charge in [0.2, 0.25) is 21.8 Å². The Labute approximate surface area is 142 Å². The van der Waals surface area contributed by atoms with Gasteiger partial charge in [-0.1, -0.05) is 18.2 Å². The molecule has 1 aromatic rings. The van der Waals surface area contributed by atoms with Gasteiger partial charge in [0.1, 0.15) is 0 Å². The number of benzene rings is 1. The molecule has 0 saturated carbocycles. The number of rotatable bonds is 6. The van der Waals surface area contributed by atoms with Gasteiger partial charge in [-0.05, 0) is 31.9 Å². The summed E-state index contributed by atoms with van der Waals surface area (Å²) in [7, 11) is -3.51. The highest BCUT2D eigenvalue weighted by atomic mass is 32.2. The summed E-state index contributed by atoms with van der Waals surface area (Å²) in [6.45, 7) is 2.88. The van der Waals surface area contributed by atoms with E-state index in [1.165, 1.54) is 4.31 Å². The van der Waals surface area contributed by atoms with Crippen LogP contribution in [0.2, 0.25) is 0 Å². The minimum atomic E-state index is -3.51. The Morgan fingerprint density at radius 2 is 1.75 bits per heavy atom. The van der Waals surface area contributed by atoms with Crippen molar-refractivity contribution in [3.8, 4) is 0 Å². The third kappa shape index (κ3) is 4.55. The van der Waals surface area contributed by atoms with Gasteiger partial charge in [-0.3, -0.25) is 9.59 Å². The third-order valence-corrected chi connectivity index (χ3v) is 5.92. The predicted molar refractivity (Wildman–Crippen MR) is 89.6 cm³/mol. The van der Waals surface area contributed by atoms with Crippen molar-refractivity contribution >= 4 is 21.8 Å². The molecule has 2 N–H and O–H groups in total. The van der Waals surface area contributed by atoms with Gasteiger partial charge in [-0.25, -0.2) is 8.42 Å². The van der Waals surface area contributed by atoms with E-state index in [-0.39, 0.29) is 29.2 Å². The summed E-state index contributed by atoms with van der Waals surface area (Å²) in [6.07, 6.45) is 0.903. The monoisotopic (exact) mass is 353 g/mol. The maximum Gasteiger partial charge on any atom is 0.243 e. The van der Waals surface area contributed by atoms with E-state index in [0.29, 0.717) is 32.5 Å². The van der Waals surface area contributed by atoms with E-state index in [9.17, 15) is 18.0 Å². The molecule has 0 bridgehead atoms. The van der Waals surface area contributed by atoms with Crippen LogP contribution in [-0.2, 0) is 19.6 Å². The molecule has 0 atom stereocenters. The Morgan fingerprint density at radius 3 is 2.33 bits per heavy atom. The van der Waals surface area contributed by atoms with Crippen LogP contribution >= 0.6 is 0 Å². The topological polar surface area (TPSA) is 95.6 Å². The first kappa shape index (κ1) is 18.4. The van der Waals surface area contributed by atoms with Crippen LogP contribution in [0.1, 0.15) is 19.8 Å². The van der Waals surface area contributed by atoms with E-state index in [0.717, 1.165) is 0 Å². The first-order chi connectivity index (χ1) is 11.4. The van der Waals surface area contributed by atoms with Gasteiger partial charge in [0.05, 0.1) is 11.4 Å². The molecule has 24 heavy (non-hydrogen) atoms. The molecule has 1 heterocycles. The summed E-state index contributed by atoms with van der Waals surface area (Å²) in [6, 6.07) is 8.29. The van der Waals surface area contributed by atoms with Crippen LogP contribution < -0.4 is 10.6 Å². The molecule has 0 unspecified atom stereocenters. The predicted octanol–water partition coefficient (Wildman–Crippen LogP) is 0.340. The molecule has 1 fully saturated rings. The van der Waals surface area contributed by atoms with Crippen molar-refractivity contribution in [2.45, 2.75) is 24.7 Å². The number of sulfonamides is 1. The van der Waals surface area contributed by atoms with Crippen LogP contribution in [0.3, 0.4) is 0 Å². The molecule has 2 rings (SSSR count). The Bertz CT molecular complexity index is 668. The van der Waals surface area contributed by atoms with E-state index in [1.54, 1.807) is 30.3 Å². The maximum atomic E-state index is 12.5. The van der Waals surface area contributed by atoms with Crippen LogP contribution in [0, 0.1) is 5.92 Å². The van der Waals surface area contributed by atoms with Crippen molar-refractivity contribution in [2.24, 2.45) is 5.92 Å². The highest BCUT2D eigenvalue weighted by molar-refractivity contribution is 7.89. The second kappa shape index (κ2) is 8.25. The van der Waals surface area contributed by atoms with Crippen molar-refractivity contribution in [3.05, 3.63) is 30.3 Å². The fourth-order valence-corrected chi connectivity index (χ4v) is 4.16. The first-order valence-electron chi connectivity index (χ1n) is 8.04. The number of likely N-dealkylation sites (N-methyl/N-ethyl adjacent to an activating group) is 1. The summed E-state index contributed by atoms with van der Waals surface area (Å²) in [5.41, 5.74) is 0. The van der Waals surface area contributed by atoms with Crippen molar-refractivity contribution in [3.63, 3.8) is 0 Å². The average molecular weight is 353 g/mol. The second-order valence-corrected chi connectivity index (χ2v) is 7.60. The number of amides is 2. The van der Waals surface area contributed by atoms with Gasteiger partial charge in [0.25, 0.3) is 0 Å². The molecule has 1 aliphatic heterocycles. The summed E-state index contributed by atoms with van der Waals surface area (Å²) in [5, 5.41) is 5.21. The summed E-state index contributed by atoms with van der Waals surface area (Å²) in [5.74, 6) is -0.686. The van der Waals surface area contributed by atoms with E-state index >= 15 is 0 Å². The van der Waals surface area contributed by atoms with Gasteiger partial charge in [0.15, 0.2) is 0 Å². The van der Waals surface area contributed by atoms with Gasteiger partial charge >= 0.3 is 0 Å². The summed E-state index contributed by atoms with van der Waals surface area (Å²) < 4.78 is 26.5.